The fourth-order valence-corrected chi connectivity index (χ4v) is 2.14. The summed E-state index contributed by atoms with van der Waals surface area (Å²) >= 11 is 0. The van der Waals surface area contributed by atoms with Gasteiger partial charge in [-0.05, 0) is 19.3 Å². The zero-order valence-electron chi connectivity index (χ0n) is 11.1. The van der Waals surface area contributed by atoms with Gasteiger partial charge in [-0.25, -0.2) is 4.68 Å². The van der Waals surface area contributed by atoms with Crippen molar-refractivity contribution in [2.75, 3.05) is 37.8 Å². The van der Waals surface area contributed by atoms with Crippen LogP contribution >= 0.6 is 0 Å². The lowest BCUT2D eigenvalue weighted by atomic mass is 10.2. The summed E-state index contributed by atoms with van der Waals surface area (Å²) in [7, 11) is 0. The van der Waals surface area contributed by atoms with E-state index in [1.54, 1.807) is 12.3 Å². The summed E-state index contributed by atoms with van der Waals surface area (Å²) in [5, 5.41) is 12.9. The summed E-state index contributed by atoms with van der Waals surface area (Å²) in [6, 6.07) is 1.64. The molecular weight excluding hydrogens is 246 g/mol. The van der Waals surface area contributed by atoms with E-state index in [1.165, 1.54) is 4.68 Å². The molecule has 0 bridgehead atoms. The topological polar surface area (TPSA) is 67.6 Å². The Hall–Kier alpha value is -1.40. The molecule has 19 heavy (non-hydrogen) atoms. The first-order chi connectivity index (χ1) is 9.31. The van der Waals surface area contributed by atoms with E-state index < -0.39 is 0 Å². The van der Waals surface area contributed by atoms with Crippen molar-refractivity contribution in [1.29, 1.82) is 0 Å². The Kier molecular flexibility index (Phi) is 5.35. The number of aliphatic hydroxyl groups is 1. The highest BCUT2D eigenvalue weighted by atomic mass is 16.5. The molecule has 0 radical (unpaired) electrons. The van der Waals surface area contributed by atoms with Gasteiger partial charge in [0.2, 0.25) is 0 Å². The molecule has 0 spiro atoms. The fraction of sp³-hybridized carbons (Fsp3) is 0.692. The van der Waals surface area contributed by atoms with Gasteiger partial charge < -0.3 is 14.7 Å². The van der Waals surface area contributed by atoms with Gasteiger partial charge in [-0.15, -0.1) is 0 Å². The van der Waals surface area contributed by atoms with Crippen molar-refractivity contribution in [2.24, 2.45) is 0 Å². The first-order valence-corrected chi connectivity index (χ1v) is 6.82. The van der Waals surface area contributed by atoms with Crippen LogP contribution in [0.5, 0.6) is 0 Å². The maximum absolute atomic E-state index is 11.9. The molecule has 2 rings (SSSR count). The van der Waals surface area contributed by atoms with Crippen molar-refractivity contribution in [3.8, 4) is 0 Å². The predicted molar refractivity (Wildman–Crippen MR) is 72.5 cm³/mol. The lowest BCUT2D eigenvalue weighted by molar-refractivity contribution is 0.122. The molecule has 0 aliphatic carbocycles. The van der Waals surface area contributed by atoms with Crippen LogP contribution in [0.4, 0.5) is 5.69 Å². The number of aliphatic hydroxyl groups excluding tert-OH is 1. The van der Waals surface area contributed by atoms with Crippen LogP contribution in [0.1, 0.15) is 19.3 Å². The SMILES string of the molecule is O=c1cc(N2CCOCC2)cnn1CCCCCO. The third-order valence-electron chi connectivity index (χ3n) is 3.26. The van der Waals surface area contributed by atoms with Crippen LogP contribution in [-0.2, 0) is 11.3 Å². The van der Waals surface area contributed by atoms with Crippen LogP contribution in [0, 0.1) is 0 Å². The number of hydrogen-bond donors (Lipinski definition) is 1. The standard InChI is InChI=1S/C13H21N3O3/c17-7-3-1-2-4-16-13(18)10-12(11-14-16)15-5-8-19-9-6-15/h10-11,17H,1-9H2. The molecule has 1 N–H and O–H groups in total. The highest BCUT2D eigenvalue weighted by Crippen LogP contribution is 2.11. The van der Waals surface area contributed by atoms with E-state index in [1.807, 2.05) is 0 Å². The Morgan fingerprint density at radius 3 is 2.74 bits per heavy atom. The number of aromatic nitrogens is 2. The number of aryl methyl sites for hydroxylation is 1. The second-order valence-corrected chi connectivity index (χ2v) is 4.66. The third-order valence-corrected chi connectivity index (χ3v) is 3.26. The number of hydrogen-bond acceptors (Lipinski definition) is 5. The minimum atomic E-state index is -0.0620. The quantitative estimate of drug-likeness (QED) is 0.748. The molecule has 0 atom stereocenters. The summed E-state index contributed by atoms with van der Waals surface area (Å²) in [5.74, 6) is 0. The summed E-state index contributed by atoms with van der Waals surface area (Å²) in [5.41, 5.74) is 0.813. The van der Waals surface area contributed by atoms with E-state index in [0.29, 0.717) is 19.8 Å². The largest absolute Gasteiger partial charge is 0.396 e. The molecule has 6 nitrogen and oxygen atoms in total. The van der Waals surface area contributed by atoms with Crippen LogP contribution in [-0.4, -0.2) is 47.8 Å². The Morgan fingerprint density at radius 2 is 2.05 bits per heavy atom. The molecule has 1 aromatic heterocycles. The molecule has 1 aromatic rings. The van der Waals surface area contributed by atoms with Gasteiger partial charge in [-0.3, -0.25) is 4.79 Å². The summed E-state index contributed by atoms with van der Waals surface area (Å²) in [4.78, 5) is 14.1. The van der Waals surface area contributed by atoms with E-state index in [4.69, 9.17) is 9.84 Å². The Labute approximate surface area is 112 Å². The maximum atomic E-state index is 11.9. The highest BCUT2D eigenvalue weighted by molar-refractivity contribution is 5.43. The minimum Gasteiger partial charge on any atom is -0.396 e. The van der Waals surface area contributed by atoms with E-state index in [2.05, 4.69) is 10.00 Å². The van der Waals surface area contributed by atoms with Gasteiger partial charge in [0.1, 0.15) is 0 Å². The van der Waals surface area contributed by atoms with Crippen molar-refractivity contribution in [1.82, 2.24) is 9.78 Å². The number of morpholine rings is 1. The lowest BCUT2D eigenvalue weighted by Crippen LogP contribution is -2.37. The molecule has 1 aliphatic rings. The zero-order chi connectivity index (χ0) is 13.5. The summed E-state index contributed by atoms with van der Waals surface area (Å²) in [6.45, 7) is 3.83. The van der Waals surface area contributed by atoms with Crippen molar-refractivity contribution in [3.63, 3.8) is 0 Å². The van der Waals surface area contributed by atoms with Gasteiger partial charge in [0, 0.05) is 32.3 Å². The van der Waals surface area contributed by atoms with Gasteiger partial charge in [-0.1, -0.05) is 0 Å². The van der Waals surface area contributed by atoms with Crippen LogP contribution in [0.3, 0.4) is 0 Å². The molecule has 0 saturated carbocycles. The number of unbranched alkanes of at least 4 members (excludes halogenated alkanes) is 2. The molecule has 1 saturated heterocycles. The molecule has 1 aliphatic heterocycles. The smallest absolute Gasteiger partial charge is 0.268 e. The minimum absolute atomic E-state index is 0.0620. The molecule has 2 heterocycles. The number of nitrogens with zero attached hydrogens (tertiary/aromatic N) is 3. The molecule has 0 aromatic carbocycles. The average Bonchev–Trinajstić information content (AvgIpc) is 2.46. The van der Waals surface area contributed by atoms with Gasteiger partial charge in [-0.2, -0.15) is 5.10 Å². The Bertz CT molecular complexity index is 441. The fourth-order valence-electron chi connectivity index (χ4n) is 2.14. The third kappa shape index (κ3) is 4.04. The number of anilines is 1. The van der Waals surface area contributed by atoms with Crippen molar-refractivity contribution < 1.29 is 9.84 Å². The second-order valence-electron chi connectivity index (χ2n) is 4.66. The van der Waals surface area contributed by atoms with E-state index in [-0.39, 0.29) is 12.2 Å². The first-order valence-electron chi connectivity index (χ1n) is 6.82. The monoisotopic (exact) mass is 267 g/mol. The van der Waals surface area contributed by atoms with E-state index >= 15 is 0 Å². The van der Waals surface area contributed by atoms with Gasteiger partial charge in [0.15, 0.2) is 0 Å². The molecule has 0 amide bonds. The molecule has 1 fully saturated rings. The summed E-state index contributed by atoms with van der Waals surface area (Å²) < 4.78 is 6.77. The van der Waals surface area contributed by atoms with Gasteiger partial charge in [0.25, 0.3) is 5.56 Å². The van der Waals surface area contributed by atoms with Gasteiger partial charge >= 0.3 is 0 Å². The zero-order valence-corrected chi connectivity index (χ0v) is 11.1. The average molecular weight is 267 g/mol. The summed E-state index contributed by atoms with van der Waals surface area (Å²) in [6.07, 6.45) is 4.31. The Morgan fingerprint density at radius 1 is 1.26 bits per heavy atom. The van der Waals surface area contributed by atoms with Crippen LogP contribution in [0.15, 0.2) is 17.1 Å². The maximum Gasteiger partial charge on any atom is 0.268 e. The van der Waals surface area contributed by atoms with Crippen LogP contribution in [0.2, 0.25) is 0 Å². The normalized spacial score (nSPS) is 15.7. The lowest BCUT2D eigenvalue weighted by Gasteiger charge is -2.28. The molecule has 106 valence electrons. The number of ether oxygens (including phenoxy) is 1. The van der Waals surface area contributed by atoms with Crippen LogP contribution < -0.4 is 10.5 Å². The van der Waals surface area contributed by atoms with Crippen LogP contribution in [0.25, 0.3) is 0 Å². The first kappa shape index (κ1) is 14.0. The van der Waals surface area contributed by atoms with Crippen molar-refractivity contribution in [2.45, 2.75) is 25.8 Å². The van der Waals surface area contributed by atoms with E-state index in [9.17, 15) is 4.79 Å². The van der Waals surface area contributed by atoms with Crippen molar-refractivity contribution >= 4 is 5.69 Å². The van der Waals surface area contributed by atoms with Crippen molar-refractivity contribution in [3.05, 3.63) is 22.6 Å². The Balaban J connectivity index is 1.94. The van der Waals surface area contributed by atoms with Gasteiger partial charge in [0.05, 0.1) is 25.1 Å². The highest BCUT2D eigenvalue weighted by Gasteiger charge is 2.12. The molecule has 0 unspecified atom stereocenters. The number of rotatable bonds is 6. The van der Waals surface area contributed by atoms with E-state index in [0.717, 1.165) is 38.0 Å². The predicted octanol–water partition coefficient (Wildman–Crippen LogP) is 0.242. The second kappa shape index (κ2) is 7.25. The molecule has 6 heteroatoms. The molecular formula is C13H21N3O3.